The Hall–Kier alpha value is -1.95. The van der Waals surface area contributed by atoms with Gasteiger partial charge < -0.3 is 19.5 Å². The van der Waals surface area contributed by atoms with Gasteiger partial charge >= 0.3 is 0 Å². The van der Waals surface area contributed by atoms with Crippen molar-refractivity contribution < 1.29 is 19.0 Å². The van der Waals surface area contributed by atoms with Gasteiger partial charge in [-0.15, -0.1) is 0 Å². The molecule has 0 radical (unpaired) electrons. The number of likely N-dealkylation sites (N-methyl/N-ethyl adjacent to an activating group) is 1. The molecule has 5 heteroatoms. The molecule has 0 fully saturated rings. The minimum atomic E-state index is -0.629. The second-order valence-electron chi connectivity index (χ2n) is 6.19. The van der Waals surface area contributed by atoms with Crippen LogP contribution in [-0.4, -0.2) is 49.5 Å². The molecule has 0 spiro atoms. The molecule has 2 rings (SSSR count). The topological polar surface area (TPSA) is 41.9 Å². The molecule has 0 aromatic heterocycles. The monoisotopic (exact) mass is 347 g/mol. The van der Waals surface area contributed by atoms with E-state index in [4.69, 9.17) is 9.47 Å². The summed E-state index contributed by atoms with van der Waals surface area (Å²) in [5.41, 5.74) is 1.66. The number of halogens is 1. The molecule has 2 aromatic carbocycles. The molecule has 0 saturated heterocycles. The van der Waals surface area contributed by atoms with Gasteiger partial charge in [-0.1, -0.05) is 30.3 Å². The van der Waals surface area contributed by atoms with Gasteiger partial charge in [0, 0.05) is 18.7 Å². The second kappa shape index (κ2) is 10.1. The fraction of sp³-hybridized carbons (Fsp3) is 0.400. The summed E-state index contributed by atoms with van der Waals surface area (Å²) >= 11 is 0. The van der Waals surface area contributed by atoms with E-state index in [9.17, 15) is 9.50 Å². The Morgan fingerprint density at radius 1 is 1.16 bits per heavy atom. The van der Waals surface area contributed by atoms with Crippen molar-refractivity contribution in [3.8, 4) is 5.75 Å². The van der Waals surface area contributed by atoms with Crippen LogP contribution in [0.1, 0.15) is 11.1 Å². The lowest BCUT2D eigenvalue weighted by Gasteiger charge is -2.20. The Morgan fingerprint density at radius 3 is 2.72 bits per heavy atom. The van der Waals surface area contributed by atoms with Gasteiger partial charge in [-0.05, 0) is 37.7 Å². The second-order valence-corrected chi connectivity index (χ2v) is 6.19. The van der Waals surface area contributed by atoms with E-state index in [1.54, 1.807) is 18.2 Å². The third kappa shape index (κ3) is 7.22. The van der Waals surface area contributed by atoms with Gasteiger partial charge in [0.05, 0.1) is 19.3 Å². The summed E-state index contributed by atoms with van der Waals surface area (Å²) in [6.45, 7) is 4.05. The van der Waals surface area contributed by atoms with E-state index in [-0.39, 0.29) is 19.0 Å². The van der Waals surface area contributed by atoms with Gasteiger partial charge in [0.15, 0.2) is 0 Å². The molecular formula is C20H26FNO3. The van der Waals surface area contributed by atoms with E-state index in [1.165, 1.54) is 6.07 Å². The number of nitrogens with zero attached hydrogens (tertiary/aromatic N) is 1. The SMILES string of the molecule is Cc1cccc(OCCN(C)CC(O)COCc2ccccc2F)c1. The summed E-state index contributed by atoms with van der Waals surface area (Å²) in [6, 6.07) is 14.4. The Morgan fingerprint density at radius 2 is 1.96 bits per heavy atom. The average molecular weight is 347 g/mol. The molecule has 4 nitrogen and oxygen atoms in total. The molecule has 2 aromatic rings. The zero-order valence-electron chi connectivity index (χ0n) is 14.8. The molecule has 1 unspecified atom stereocenters. The van der Waals surface area contributed by atoms with Crippen LogP contribution in [0.25, 0.3) is 0 Å². The molecule has 25 heavy (non-hydrogen) atoms. The van der Waals surface area contributed by atoms with Crippen LogP contribution in [0.5, 0.6) is 5.75 Å². The van der Waals surface area contributed by atoms with Crippen molar-refractivity contribution >= 4 is 0 Å². The number of hydrogen-bond acceptors (Lipinski definition) is 4. The van der Waals surface area contributed by atoms with E-state index >= 15 is 0 Å². The fourth-order valence-electron chi connectivity index (χ4n) is 2.45. The molecule has 0 saturated carbocycles. The Kier molecular flexibility index (Phi) is 7.85. The van der Waals surface area contributed by atoms with Crippen LogP contribution in [0.3, 0.4) is 0 Å². The molecule has 0 aliphatic carbocycles. The van der Waals surface area contributed by atoms with E-state index < -0.39 is 6.10 Å². The van der Waals surface area contributed by atoms with Crippen LogP contribution < -0.4 is 4.74 Å². The number of hydrogen-bond donors (Lipinski definition) is 1. The van der Waals surface area contributed by atoms with Crippen LogP contribution >= 0.6 is 0 Å². The van der Waals surface area contributed by atoms with Gasteiger partial charge in [-0.2, -0.15) is 0 Å². The van der Waals surface area contributed by atoms with E-state index in [0.717, 1.165) is 11.3 Å². The highest BCUT2D eigenvalue weighted by atomic mass is 19.1. The zero-order valence-corrected chi connectivity index (χ0v) is 14.8. The Bertz CT molecular complexity index is 650. The lowest BCUT2D eigenvalue weighted by Crippen LogP contribution is -2.34. The molecule has 0 aliphatic heterocycles. The van der Waals surface area contributed by atoms with Crippen molar-refractivity contribution in [3.63, 3.8) is 0 Å². The standard InChI is InChI=1S/C20H26FNO3/c1-16-6-5-8-19(12-16)25-11-10-22(2)13-18(23)15-24-14-17-7-3-4-9-20(17)21/h3-9,12,18,23H,10-11,13-15H2,1-2H3. The van der Waals surface area contributed by atoms with Gasteiger partial charge in [0.2, 0.25) is 0 Å². The lowest BCUT2D eigenvalue weighted by molar-refractivity contribution is 0.0116. The minimum absolute atomic E-state index is 0.157. The van der Waals surface area contributed by atoms with Crippen molar-refractivity contribution in [2.45, 2.75) is 19.6 Å². The lowest BCUT2D eigenvalue weighted by atomic mass is 10.2. The highest BCUT2D eigenvalue weighted by Crippen LogP contribution is 2.12. The number of aliphatic hydroxyl groups excluding tert-OH is 1. The number of ether oxygens (including phenoxy) is 2. The first-order chi connectivity index (χ1) is 12.0. The number of rotatable bonds is 10. The van der Waals surface area contributed by atoms with Gasteiger partial charge in [-0.25, -0.2) is 4.39 Å². The highest BCUT2D eigenvalue weighted by molar-refractivity contribution is 5.27. The first-order valence-electron chi connectivity index (χ1n) is 8.42. The largest absolute Gasteiger partial charge is 0.492 e. The molecule has 1 atom stereocenters. The molecule has 0 bridgehead atoms. The maximum Gasteiger partial charge on any atom is 0.128 e. The number of aryl methyl sites for hydroxylation is 1. The summed E-state index contributed by atoms with van der Waals surface area (Å²) < 4.78 is 24.6. The highest BCUT2D eigenvalue weighted by Gasteiger charge is 2.09. The molecular weight excluding hydrogens is 321 g/mol. The zero-order chi connectivity index (χ0) is 18.1. The van der Waals surface area contributed by atoms with Crippen LogP contribution in [0.15, 0.2) is 48.5 Å². The van der Waals surface area contributed by atoms with Gasteiger partial charge in [0.25, 0.3) is 0 Å². The smallest absolute Gasteiger partial charge is 0.128 e. The normalized spacial score (nSPS) is 12.4. The van der Waals surface area contributed by atoms with Crippen molar-refractivity contribution in [3.05, 3.63) is 65.5 Å². The molecule has 136 valence electrons. The molecule has 1 N–H and O–H groups in total. The summed E-state index contributed by atoms with van der Waals surface area (Å²) in [4.78, 5) is 1.98. The molecule has 0 amide bonds. The van der Waals surface area contributed by atoms with Crippen molar-refractivity contribution in [2.75, 3.05) is 33.4 Å². The van der Waals surface area contributed by atoms with Crippen molar-refractivity contribution in [2.24, 2.45) is 0 Å². The summed E-state index contributed by atoms with van der Waals surface area (Å²) in [5.74, 6) is 0.560. The van der Waals surface area contributed by atoms with E-state index in [0.29, 0.717) is 25.3 Å². The quantitative estimate of drug-likeness (QED) is 0.717. The minimum Gasteiger partial charge on any atom is -0.492 e. The van der Waals surface area contributed by atoms with E-state index in [2.05, 4.69) is 0 Å². The first kappa shape index (κ1) is 19.4. The summed E-state index contributed by atoms with van der Waals surface area (Å²) in [5, 5.41) is 10.0. The Balaban J connectivity index is 1.61. The van der Waals surface area contributed by atoms with E-state index in [1.807, 2.05) is 43.1 Å². The average Bonchev–Trinajstić information content (AvgIpc) is 2.56. The maximum atomic E-state index is 13.5. The van der Waals surface area contributed by atoms with Gasteiger partial charge in [0.1, 0.15) is 18.2 Å². The maximum absolute atomic E-state index is 13.5. The fourth-order valence-corrected chi connectivity index (χ4v) is 2.45. The van der Waals surface area contributed by atoms with Crippen molar-refractivity contribution in [1.82, 2.24) is 4.90 Å². The first-order valence-corrected chi connectivity index (χ1v) is 8.42. The predicted molar refractivity (Wildman–Crippen MR) is 96.2 cm³/mol. The Labute approximate surface area is 148 Å². The third-order valence-corrected chi connectivity index (χ3v) is 3.78. The van der Waals surface area contributed by atoms with Crippen LogP contribution in [-0.2, 0) is 11.3 Å². The van der Waals surface area contributed by atoms with Crippen LogP contribution in [0.4, 0.5) is 4.39 Å². The molecule has 0 aliphatic rings. The molecule has 0 heterocycles. The summed E-state index contributed by atoms with van der Waals surface area (Å²) in [7, 11) is 1.92. The third-order valence-electron chi connectivity index (χ3n) is 3.78. The number of benzene rings is 2. The van der Waals surface area contributed by atoms with Crippen LogP contribution in [0.2, 0.25) is 0 Å². The predicted octanol–water partition coefficient (Wildman–Crippen LogP) is 3.02. The van der Waals surface area contributed by atoms with Crippen LogP contribution in [0, 0.1) is 12.7 Å². The van der Waals surface area contributed by atoms with Gasteiger partial charge in [-0.3, -0.25) is 0 Å². The van der Waals surface area contributed by atoms with Crippen molar-refractivity contribution in [1.29, 1.82) is 0 Å². The summed E-state index contributed by atoms with van der Waals surface area (Å²) in [6.07, 6.45) is -0.629. The number of aliphatic hydroxyl groups is 1.